The Labute approximate surface area is 146 Å². The number of carbonyl (C=O) groups is 2. The van der Waals surface area contributed by atoms with Gasteiger partial charge in [0.05, 0.1) is 11.1 Å². The summed E-state index contributed by atoms with van der Waals surface area (Å²) >= 11 is 0. The van der Waals surface area contributed by atoms with Crippen molar-refractivity contribution in [1.82, 2.24) is 0 Å². The zero-order valence-electron chi connectivity index (χ0n) is 15.0. The SMILES string of the molecule is CCCCCCCCCCCCc1cccc(C(N)=O)c1C(N)=O. The van der Waals surface area contributed by atoms with Crippen LogP contribution in [0.5, 0.6) is 0 Å². The average Bonchev–Trinajstić information content (AvgIpc) is 2.56. The number of unbranched alkanes of at least 4 members (excludes halogenated alkanes) is 9. The lowest BCUT2D eigenvalue weighted by atomic mass is 9.95. The van der Waals surface area contributed by atoms with Crippen LogP contribution in [0.3, 0.4) is 0 Å². The number of carbonyl (C=O) groups excluding carboxylic acids is 2. The molecular formula is C20H32N2O2. The average molecular weight is 332 g/mol. The van der Waals surface area contributed by atoms with Gasteiger partial charge in [0.25, 0.3) is 0 Å². The molecule has 4 heteroatoms. The molecule has 4 nitrogen and oxygen atoms in total. The molecule has 0 spiro atoms. The van der Waals surface area contributed by atoms with Gasteiger partial charge in [0, 0.05) is 0 Å². The summed E-state index contributed by atoms with van der Waals surface area (Å²) in [6.45, 7) is 2.24. The summed E-state index contributed by atoms with van der Waals surface area (Å²) in [5.41, 5.74) is 12.1. The highest BCUT2D eigenvalue weighted by Gasteiger charge is 2.16. The molecule has 0 aliphatic carbocycles. The van der Waals surface area contributed by atoms with Crippen molar-refractivity contribution in [3.63, 3.8) is 0 Å². The molecule has 0 bridgehead atoms. The van der Waals surface area contributed by atoms with Gasteiger partial charge >= 0.3 is 0 Å². The molecule has 0 saturated heterocycles. The van der Waals surface area contributed by atoms with E-state index in [0.29, 0.717) is 5.56 Å². The third-order valence-corrected chi connectivity index (χ3v) is 4.46. The summed E-state index contributed by atoms with van der Waals surface area (Å²) in [5.74, 6) is -1.18. The van der Waals surface area contributed by atoms with Gasteiger partial charge in [0.2, 0.25) is 11.8 Å². The Morgan fingerprint density at radius 1 is 0.792 bits per heavy atom. The smallest absolute Gasteiger partial charge is 0.249 e. The maximum atomic E-state index is 11.6. The van der Waals surface area contributed by atoms with Crippen LogP contribution in [0.25, 0.3) is 0 Å². The van der Waals surface area contributed by atoms with E-state index in [9.17, 15) is 9.59 Å². The molecular weight excluding hydrogens is 300 g/mol. The van der Waals surface area contributed by atoms with Crippen LogP contribution >= 0.6 is 0 Å². The minimum atomic E-state index is -0.603. The summed E-state index contributed by atoms with van der Waals surface area (Å²) in [4.78, 5) is 23.1. The third-order valence-electron chi connectivity index (χ3n) is 4.46. The Kier molecular flexibility index (Phi) is 9.81. The number of hydrogen-bond acceptors (Lipinski definition) is 2. The largest absolute Gasteiger partial charge is 0.366 e. The quantitative estimate of drug-likeness (QED) is 0.526. The van der Waals surface area contributed by atoms with E-state index in [4.69, 9.17) is 11.5 Å². The molecule has 0 atom stereocenters. The van der Waals surface area contributed by atoms with E-state index < -0.39 is 11.8 Å². The number of nitrogens with two attached hydrogens (primary N) is 2. The van der Waals surface area contributed by atoms with Crippen LogP contribution in [0.4, 0.5) is 0 Å². The molecule has 1 aromatic rings. The molecule has 0 aliphatic heterocycles. The molecule has 24 heavy (non-hydrogen) atoms. The lowest BCUT2D eigenvalue weighted by Gasteiger charge is -2.10. The molecule has 0 heterocycles. The van der Waals surface area contributed by atoms with Crippen LogP contribution in [0.2, 0.25) is 0 Å². The minimum absolute atomic E-state index is 0.229. The van der Waals surface area contributed by atoms with Gasteiger partial charge in [-0.25, -0.2) is 0 Å². The summed E-state index contributed by atoms with van der Waals surface area (Å²) in [7, 11) is 0. The van der Waals surface area contributed by atoms with Crippen molar-refractivity contribution < 1.29 is 9.59 Å². The summed E-state index contributed by atoms with van der Waals surface area (Å²) in [5, 5.41) is 0. The first-order valence-corrected chi connectivity index (χ1v) is 9.29. The Hall–Kier alpha value is -1.84. The van der Waals surface area contributed by atoms with E-state index in [-0.39, 0.29) is 5.56 Å². The predicted molar refractivity (Wildman–Crippen MR) is 99.0 cm³/mol. The van der Waals surface area contributed by atoms with Gasteiger partial charge in [-0.3, -0.25) is 9.59 Å². The molecule has 1 rings (SSSR count). The number of hydrogen-bond donors (Lipinski definition) is 2. The maximum Gasteiger partial charge on any atom is 0.249 e. The second-order valence-corrected chi connectivity index (χ2v) is 6.50. The summed E-state index contributed by atoms with van der Waals surface area (Å²) in [6.07, 6.45) is 13.4. The molecule has 0 saturated carbocycles. The van der Waals surface area contributed by atoms with E-state index in [1.165, 1.54) is 51.4 Å². The van der Waals surface area contributed by atoms with Crippen LogP contribution in [-0.4, -0.2) is 11.8 Å². The number of primary amides is 2. The standard InChI is InChI=1S/C20H32N2O2/c1-2-3-4-5-6-7-8-9-10-11-13-16-14-12-15-17(19(21)23)18(16)20(22)24/h12,14-15H,2-11,13H2,1H3,(H2,21,23)(H2,22,24). The first-order valence-electron chi connectivity index (χ1n) is 9.29. The van der Waals surface area contributed by atoms with Gasteiger partial charge in [-0.15, -0.1) is 0 Å². The van der Waals surface area contributed by atoms with E-state index in [1.807, 2.05) is 6.07 Å². The van der Waals surface area contributed by atoms with Gasteiger partial charge in [-0.1, -0.05) is 76.8 Å². The van der Waals surface area contributed by atoms with E-state index in [0.717, 1.165) is 24.8 Å². The van der Waals surface area contributed by atoms with Gasteiger partial charge in [-0.2, -0.15) is 0 Å². The molecule has 0 unspecified atom stereocenters. The number of amides is 2. The molecule has 2 amide bonds. The Morgan fingerprint density at radius 3 is 1.83 bits per heavy atom. The highest BCUT2D eigenvalue weighted by Crippen LogP contribution is 2.18. The Bertz CT molecular complexity index is 526. The van der Waals surface area contributed by atoms with Crippen LogP contribution in [0.15, 0.2) is 18.2 Å². The van der Waals surface area contributed by atoms with Gasteiger partial charge in [-0.05, 0) is 24.5 Å². The topological polar surface area (TPSA) is 86.2 Å². The van der Waals surface area contributed by atoms with Gasteiger partial charge < -0.3 is 11.5 Å². The van der Waals surface area contributed by atoms with Crippen molar-refractivity contribution in [2.75, 3.05) is 0 Å². The van der Waals surface area contributed by atoms with E-state index in [1.54, 1.807) is 12.1 Å². The van der Waals surface area contributed by atoms with Crippen molar-refractivity contribution in [1.29, 1.82) is 0 Å². The van der Waals surface area contributed by atoms with Crippen molar-refractivity contribution in [3.8, 4) is 0 Å². The van der Waals surface area contributed by atoms with Crippen LogP contribution in [0.1, 0.15) is 97.4 Å². The van der Waals surface area contributed by atoms with Crippen molar-refractivity contribution >= 4 is 11.8 Å². The van der Waals surface area contributed by atoms with Crippen LogP contribution < -0.4 is 11.5 Å². The predicted octanol–water partition coefficient (Wildman–Crippen LogP) is 4.35. The fraction of sp³-hybridized carbons (Fsp3) is 0.600. The zero-order valence-corrected chi connectivity index (χ0v) is 15.0. The summed E-state index contributed by atoms with van der Waals surface area (Å²) < 4.78 is 0. The van der Waals surface area contributed by atoms with E-state index in [2.05, 4.69) is 6.92 Å². The first-order chi connectivity index (χ1) is 11.6. The molecule has 1 aromatic carbocycles. The Morgan fingerprint density at radius 2 is 1.33 bits per heavy atom. The minimum Gasteiger partial charge on any atom is -0.366 e. The maximum absolute atomic E-state index is 11.6. The normalized spacial score (nSPS) is 10.7. The second kappa shape index (κ2) is 11.7. The lowest BCUT2D eigenvalue weighted by Crippen LogP contribution is -2.22. The van der Waals surface area contributed by atoms with Crippen molar-refractivity contribution in [2.24, 2.45) is 11.5 Å². The monoisotopic (exact) mass is 332 g/mol. The van der Waals surface area contributed by atoms with Crippen molar-refractivity contribution in [3.05, 3.63) is 34.9 Å². The number of benzene rings is 1. The fourth-order valence-corrected chi connectivity index (χ4v) is 3.11. The van der Waals surface area contributed by atoms with Crippen LogP contribution in [0, 0.1) is 0 Å². The van der Waals surface area contributed by atoms with Crippen LogP contribution in [-0.2, 0) is 6.42 Å². The molecule has 0 aliphatic rings. The third kappa shape index (κ3) is 7.16. The highest BCUT2D eigenvalue weighted by atomic mass is 16.2. The van der Waals surface area contributed by atoms with E-state index >= 15 is 0 Å². The molecule has 0 aromatic heterocycles. The van der Waals surface area contributed by atoms with Crippen molar-refractivity contribution in [2.45, 2.75) is 77.6 Å². The first kappa shape index (κ1) is 20.2. The number of rotatable bonds is 13. The highest BCUT2D eigenvalue weighted by molar-refractivity contribution is 6.07. The molecule has 4 N–H and O–H groups in total. The fourth-order valence-electron chi connectivity index (χ4n) is 3.11. The van der Waals surface area contributed by atoms with Gasteiger partial charge in [0.15, 0.2) is 0 Å². The van der Waals surface area contributed by atoms with Gasteiger partial charge in [0.1, 0.15) is 0 Å². The second-order valence-electron chi connectivity index (χ2n) is 6.50. The zero-order chi connectivity index (χ0) is 17.8. The molecule has 0 radical (unpaired) electrons. The molecule has 134 valence electrons. The molecule has 0 fully saturated rings. The Balaban J connectivity index is 2.32. The lowest BCUT2D eigenvalue weighted by molar-refractivity contribution is 0.0966. The number of aryl methyl sites for hydroxylation is 1. The summed E-state index contributed by atoms with van der Waals surface area (Å²) in [6, 6.07) is 5.18.